The molecule has 0 heterocycles. The maximum absolute atomic E-state index is 11.1. The zero-order valence-corrected chi connectivity index (χ0v) is 11.0. The number of carbonyl (C=O) groups is 1. The van der Waals surface area contributed by atoms with Crippen LogP contribution in [0.5, 0.6) is 5.75 Å². The number of nitrogens with zero attached hydrogens (tertiary/aromatic N) is 1. The second-order valence-corrected chi connectivity index (χ2v) is 4.01. The minimum atomic E-state index is -0.544. The van der Waals surface area contributed by atoms with E-state index in [1.165, 1.54) is 19.2 Å². The molecule has 0 aliphatic rings. The molecule has 7 nitrogen and oxygen atoms in total. The van der Waals surface area contributed by atoms with E-state index < -0.39 is 10.9 Å². The van der Waals surface area contributed by atoms with Crippen LogP contribution in [0.3, 0.4) is 0 Å². The maximum atomic E-state index is 11.1. The zero-order chi connectivity index (χ0) is 14.4. The van der Waals surface area contributed by atoms with Crippen LogP contribution in [0.2, 0.25) is 0 Å². The number of nitrogens with one attached hydrogen (secondary N) is 1. The normalized spacial score (nSPS) is 10.1. The van der Waals surface area contributed by atoms with Gasteiger partial charge in [0.2, 0.25) is 0 Å². The molecule has 0 spiro atoms. The minimum Gasteiger partial charge on any atom is -0.484 e. The fourth-order valence-corrected chi connectivity index (χ4v) is 1.44. The van der Waals surface area contributed by atoms with Crippen LogP contribution in [-0.2, 0) is 9.53 Å². The molecule has 1 aromatic carbocycles. The number of carbonyl (C=O) groups excluding carboxylic acids is 1. The second-order valence-electron chi connectivity index (χ2n) is 4.01. The number of ether oxygens (including phenoxy) is 2. The fraction of sp³-hybridized carbons (Fsp3) is 0.417. The lowest BCUT2D eigenvalue weighted by Gasteiger charge is -2.12. The van der Waals surface area contributed by atoms with E-state index in [-0.39, 0.29) is 29.8 Å². The Hall–Kier alpha value is -2.31. The Morgan fingerprint density at radius 3 is 2.68 bits per heavy atom. The number of hydrogen-bond acceptors (Lipinski definition) is 6. The van der Waals surface area contributed by atoms with Crippen LogP contribution in [-0.4, -0.2) is 30.7 Å². The second kappa shape index (κ2) is 6.58. The van der Waals surface area contributed by atoms with Crippen molar-refractivity contribution in [2.75, 3.05) is 19.0 Å². The highest BCUT2D eigenvalue weighted by Crippen LogP contribution is 2.35. The number of nitro benzene ring substituents is 1. The first kappa shape index (κ1) is 14.7. The summed E-state index contributed by atoms with van der Waals surface area (Å²) in [5.41, 5.74) is 0.0219. The van der Waals surface area contributed by atoms with Crippen LogP contribution in [0.25, 0.3) is 0 Å². The highest BCUT2D eigenvalue weighted by molar-refractivity contribution is 5.77. The summed E-state index contributed by atoms with van der Waals surface area (Å²) in [7, 11) is 1.25. The molecule has 0 fully saturated rings. The van der Waals surface area contributed by atoms with E-state index in [0.717, 1.165) is 0 Å². The summed E-state index contributed by atoms with van der Waals surface area (Å²) in [6.07, 6.45) is -0.186. The van der Waals surface area contributed by atoms with E-state index in [0.29, 0.717) is 0 Å². The van der Waals surface area contributed by atoms with Crippen LogP contribution < -0.4 is 10.1 Å². The summed E-state index contributed by atoms with van der Waals surface area (Å²) in [6, 6.07) is 4.64. The van der Waals surface area contributed by atoms with E-state index >= 15 is 0 Å². The van der Waals surface area contributed by atoms with Gasteiger partial charge in [0.15, 0.2) is 5.75 Å². The van der Waals surface area contributed by atoms with Crippen molar-refractivity contribution in [2.45, 2.75) is 20.0 Å². The number of esters is 1. The molecule has 0 saturated carbocycles. The van der Waals surface area contributed by atoms with Crippen molar-refractivity contribution in [3.63, 3.8) is 0 Å². The summed E-state index contributed by atoms with van der Waals surface area (Å²) in [5, 5.41) is 13.8. The summed E-state index contributed by atoms with van der Waals surface area (Å²) >= 11 is 0. The lowest BCUT2D eigenvalue weighted by Crippen LogP contribution is -2.16. The molecular weight excluding hydrogens is 252 g/mol. The third-order valence-corrected chi connectivity index (χ3v) is 2.20. The molecule has 0 unspecified atom stereocenters. The van der Waals surface area contributed by atoms with Gasteiger partial charge in [-0.3, -0.25) is 14.9 Å². The highest BCUT2D eigenvalue weighted by Gasteiger charge is 2.22. The summed E-state index contributed by atoms with van der Waals surface area (Å²) in [6.45, 7) is 3.40. The molecule has 0 atom stereocenters. The molecule has 0 saturated heterocycles. The van der Waals surface area contributed by atoms with Crippen molar-refractivity contribution in [1.82, 2.24) is 0 Å². The Morgan fingerprint density at radius 2 is 2.16 bits per heavy atom. The molecule has 0 aliphatic carbocycles. The number of anilines is 1. The number of rotatable bonds is 6. The molecule has 0 aliphatic heterocycles. The van der Waals surface area contributed by atoms with E-state index in [1.54, 1.807) is 19.9 Å². The van der Waals surface area contributed by atoms with E-state index in [2.05, 4.69) is 10.1 Å². The first-order valence-corrected chi connectivity index (χ1v) is 5.70. The van der Waals surface area contributed by atoms with Gasteiger partial charge in [-0.2, -0.15) is 0 Å². The molecule has 0 bridgehead atoms. The third-order valence-electron chi connectivity index (χ3n) is 2.20. The SMILES string of the molecule is COC(=O)CNc1cccc(OC(C)C)c1[N+](=O)[O-]. The Bertz CT molecular complexity index is 473. The fourth-order valence-electron chi connectivity index (χ4n) is 1.44. The first-order valence-electron chi connectivity index (χ1n) is 5.70. The average Bonchev–Trinajstić information content (AvgIpc) is 2.34. The van der Waals surface area contributed by atoms with Crippen LogP contribution in [0.1, 0.15) is 13.8 Å². The first-order chi connectivity index (χ1) is 8.95. The lowest BCUT2D eigenvalue weighted by molar-refractivity contribution is -0.385. The number of para-hydroxylation sites is 1. The maximum Gasteiger partial charge on any atom is 0.333 e. The standard InChI is InChI=1S/C12H16N2O5/c1-8(2)19-10-6-4-5-9(12(10)14(16)17)13-7-11(15)18-3/h4-6,8,13H,7H2,1-3H3. The predicted octanol–water partition coefficient (Wildman–Crippen LogP) is 1.97. The van der Waals surface area contributed by atoms with Gasteiger partial charge in [-0.05, 0) is 26.0 Å². The number of methoxy groups -OCH3 is 1. The number of benzene rings is 1. The van der Waals surface area contributed by atoms with Crippen molar-refractivity contribution in [3.8, 4) is 5.75 Å². The van der Waals surface area contributed by atoms with Crippen LogP contribution in [0.4, 0.5) is 11.4 Å². The quantitative estimate of drug-likeness (QED) is 0.482. The summed E-state index contributed by atoms with van der Waals surface area (Å²) in [5.74, 6) is -0.348. The van der Waals surface area contributed by atoms with Gasteiger partial charge in [-0.1, -0.05) is 6.07 Å². The van der Waals surface area contributed by atoms with E-state index in [1.807, 2.05) is 0 Å². The molecule has 0 radical (unpaired) electrons. The van der Waals surface area contributed by atoms with Crippen molar-refractivity contribution < 1.29 is 19.2 Å². The zero-order valence-electron chi connectivity index (χ0n) is 11.0. The average molecular weight is 268 g/mol. The monoisotopic (exact) mass is 268 g/mol. The molecule has 0 aromatic heterocycles. The van der Waals surface area contributed by atoms with E-state index in [4.69, 9.17) is 4.74 Å². The molecule has 104 valence electrons. The molecular formula is C12H16N2O5. The van der Waals surface area contributed by atoms with Crippen LogP contribution in [0, 0.1) is 10.1 Å². The molecule has 0 amide bonds. The molecule has 1 rings (SSSR count). The Labute approximate surface area is 110 Å². The number of hydrogen-bond donors (Lipinski definition) is 1. The van der Waals surface area contributed by atoms with Gasteiger partial charge < -0.3 is 14.8 Å². The highest BCUT2D eigenvalue weighted by atomic mass is 16.6. The van der Waals surface area contributed by atoms with Gasteiger partial charge in [0.05, 0.1) is 18.1 Å². The van der Waals surface area contributed by atoms with Gasteiger partial charge in [0, 0.05) is 0 Å². The lowest BCUT2D eigenvalue weighted by atomic mass is 10.2. The Balaban J connectivity index is 3.02. The molecule has 7 heteroatoms. The van der Waals surface area contributed by atoms with E-state index in [9.17, 15) is 14.9 Å². The Morgan fingerprint density at radius 1 is 1.47 bits per heavy atom. The predicted molar refractivity (Wildman–Crippen MR) is 69.4 cm³/mol. The third kappa shape index (κ3) is 4.13. The van der Waals surface area contributed by atoms with Gasteiger partial charge >= 0.3 is 11.7 Å². The van der Waals surface area contributed by atoms with Gasteiger partial charge in [-0.25, -0.2) is 0 Å². The van der Waals surface area contributed by atoms with Crippen LogP contribution in [0.15, 0.2) is 18.2 Å². The van der Waals surface area contributed by atoms with Gasteiger partial charge in [0.25, 0.3) is 0 Å². The van der Waals surface area contributed by atoms with Crippen LogP contribution >= 0.6 is 0 Å². The van der Waals surface area contributed by atoms with Crippen molar-refractivity contribution in [3.05, 3.63) is 28.3 Å². The van der Waals surface area contributed by atoms with Gasteiger partial charge in [0.1, 0.15) is 12.2 Å². The minimum absolute atomic E-state index is 0.150. The summed E-state index contributed by atoms with van der Waals surface area (Å²) < 4.78 is 9.85. The summed E-state index contributed by atoms with van der Waals surface area (Å²) in [4.78, 5) is 21.6. The number of nitro groups is 1. The van der Waals surface area contributed by atoms with Crippen molar-refractivity contribution in [2.24, 2.45) is 0 Å². The van der Waals surface area contributed by atoms with Gasteiger partial charge in [-0.15, -0.1) is 0 Å². The molecule has 1 aromatic rings. The smallest absolute Gasteiger partial charge is 0.333 e. The van der Waals surface area contributed by atoms with Crippen molar-refractivity contribution in [1.29, 1.82) is 0 Å². The molecule has 19 heavy (non-hydrogen) atoms. The Kier molecular flexibility index (Phi) is 5.11. The van der Waals surface area contributed by atoms with Crippen molar-refractivity contribution >= 4 is 17.3 Å². The topological polar surface area (TPSA) is 90.7 Å². The largest absolute Gasteiger partial charge is 0.484 e. The molecule has 1 N–H and O–H groups in total.